The Morgan fingerprint density at radius 2 is 1.59 bits per heavy atom. The van der Waals surface area contributed by atoms with Gasteiger partial charge in [0.25, 0.3) is 5.91 Å². The molecule has 0 saturated heterocycles. The van der Waals surface area contributed by atoms with Crippen molar-refractivity contribution in [1.82, 2.24) is 14.8 Å². The molecule has 2 amide bonds. The maximum atomic E-state index is 13.0. The number of hydrogen-bond donors (Lipinski definition) is 2. The van der Waals surface area contributed by atoms with Gasteiger partial charge in [-0.1, -0.05) is 35.5 Å². The standard InChI is InChI=1S/C24H19ClFN5O2S/c1-31-22(29-30-24(31)34-14-21(32)27-17-12-8-16(26)9-13-17)15-6-10-18(11-7-15)28-23(33)19-4-2-3-5-20(19)25/h2-13H,14H2,1H3,(H,27,32)(H,28,33). The van der Waals surface area contributed by atoms with E-state index in [9.17, 15) is 14.0 Å². The van der Waals surface area contributed by atoms with E-state index in [1.54, 1.807) is 41.0 Å². The van der Waals surface area contributed by atoms with Crippen molar-refractivity contribution < 1.29 is 14.0 Å². The summed E-state index contributed by atoms with van der Waals surface area (Å²) in [5.74, 6) is -0.161. The van der Waals surface area contributed by atoms with Gasteiger partial charge < -0.3 is 15.2 Å². The van der Waals surface area contributed by atoms with Crippen molar-refractivity contribution in [1.29, 1.82) is 0 Å². The predicted molar refractivity (Wildman–Crippen MR) is 132 cm³/mol. The fourth-order valence-corrected chi connectivity index (χ4v) is 4.03. The first-order chi connectivity index (χ1) is 16.4. The van der Waals surface area contributed by atoms with Gasteiger partial charge in [0.15, 0.2) is 11.0 Å². The molecule has 0 saturated carbocycles. The highest BCUT2D eigenvalue weighted by Gasteiger charge is 2.14. The van der Waals surface area contributed by atoms with E-state index in [0.29, 0.717) is 32.9 Å². The van der Waals surface area contributed by atoms with E-state index in [1.165, 1.54) is 36.0 Å². The molecule has 0 radical (unpaired) electrons. The van der Waals surface area contributed by atoms with Crippen molar-refractivity contribution in [2.24, 2.45) is 7.05 Å². The Hall–Kier alpha value is -3.69. The Kier molecular flexibility index (Phi) is 7.24. The van der Waals surface area contributed by atoms with Gasteiger partial charge in [-0.2, -0.15) is 0 Å². The summed E-state index contributed by atoms with van der Waals surface area (Å²) in [6, 6.07) is 19.6. The molecule has 7 nitrogen and oxygen atoms in total. The summed E-state index contributed by atoms with van der Waals surface area (Å²) < 4.78 is 14.8. The van der Waals surface area contributed by atoms with Gasteiger partial charge in [-0.15, -0.1) is 10.2 Å². The fraction of sp³-hybridized carbons (Fsp3) is 0.0833. The van der Waals surface area contributed by atoms with Crippen LogP contribution in [0.4, 0.5) is 15.8 Å². The second kappa shape index (κ2) is 10.5. The Bertz CT molecular complexity index is 1330. The molecular weight excluding hydrogens is 477 g/mol. The average Bonchev–Trinajstić information content (AvgIpc) is 3.20. The van der Waals surface area contributed by atoms with Gasteiger partial charge in [0.1, 0.15) is 5.82 Å². The zero-order chi connectivity index (χ0) is 24.1. The van der Waals surface area contributed by atoms with Crippen LogP contribution in [0.3, 0.4) is 0 Å². The lowest BCUT2D eigenvalue weighted by Crippen LogP contribution is -2.14. The minimum atomic E-state index is -0.366. The van der Waals surface area contributed by atoms with Crippen LogP contribution in [0.15, 0.2) is 78.0 Å². The van der Waals surface area contributed by atoms with Crippen LogP contribution in [0.5, 0.6) is 0 Å². The highest BCUT2D eigenvalue weighted by molar-refractivity contribution is 7.99. The van der Waals surface area contributed by atoms with E-state index in [-0.39, 0.29) is 23.4 Å². The number of hydrogen-bond acceptors (Lipinski definition) is 5. The molecule has 0 atom stereocenters. The molecule has 4 aromatic rings. The lowest BCUT2D eigenvalue weighted by molar-refractivity contribution is -0.113. The third-order valence-corrected chi connectivity index (χ3v) is 6.16. The highest BCUT2D eigenvalue weighted by atomic mass is 35.5. The largest absolute Gasteiger partial charge is 0.325 e. The minimum absolute atomic E-state index is 0.121. The van der Waals surface area contributed by atoms with Crippen LogP contribution in [0, 0.1) is 5.82 Å². The Labute approximate surface area is 204 Å². The number of halogens is 2. The number of rotatable bonds is 7. The summed E-state index contributed by atoms with van der Waals surface area (Å²) in [5, 5.41) is 14.9. The molecule has 4 rings (SSSR count). The molecule has 2 N–H and O–H groups in total. The van der Waals surface area contributed by atoms with Crippen LogP contribution in [0.1, 0.15) is 10.4 Å². The number of nitrogens with zero attached hydrogens (tertiary/aromatic N) is 3. The molecule has 0 fully saturated rings. The summed E-state index contributed by atoms with van der Waals surface area (Å²) in [6.45, 7) is 0. The molecule has 0 aliphatic carbocycles. The predicted octanol–water partition coefficient (Wildman–Crippen LogP) is 5.26. The van der Waals surface area contributed by atoms with Crippen LogP contribution in [-0.2, 0) is 11.8 Å². The van der Waals surface area contributed by atoms with Gasteiger partial charge in [-0.3, -0.25) is 9.59 Å². The number of anilines is 2. The van der Waals surface area contributed by atoms with Crippen molar-refractivity contribution in [2.45, 2.75) is 5.16 Å². The normalized spacial score (nSPS) is 10.7. The number of benzene rings is 3. The van der Waals surface area contributed by atoms with Gasteiger partial charge in [0, 0.05) is 24.0 Å². The molecule has 0 spiro atoms. The zero-order valence-electron chi connectivity index (χ0n) is 18.0. The van der Waals surface area contributed by atoms with Crippen molar-refractivity contribution >= 4 is 46.6 Å². The fourth-order valence-electron chi connectivity index (χ4n) is 3.10. The number of aromatic nitrogens is 3. The van der Waals surface area contributed by atoms with Crippen molar-refractivity contribution in [3.05, 3.63) is 89.2 Å². The van der Waals surface area contributed by atoms with Crippen molar-refractivity contribution in [3.63, 3.8) is 0 Å². The molecule has 0 bridgehead atoms. The molecule has 0 unspecified atom stereocenters. The topological polar surface area (TPSA) is 88.9 Å². The van der Waals surface area contributed by atoms with E-state index in [0.717, 1.165) is 5.56 Å². The van der Waals surface area contributed by atoms with Crippen LogP contribution >= 0.6 is 23.4 Å². The second-order valence-corrected chi connectivity index (χ2v) is 8.57. The maximum Gasteiger partial charge on any atom is 0.257 e. The zero-order valence-corrected chi connectivity index (χ0v) is 19.5. The van der Waals surface area contributed by atoms with Gasteiger partial charge in [-0.25, -0.2) is 4.39 Å². The van der Waals surface area contributed by atoms with Gasteiger partial charge in [0.05, 0.1) is 16.3 Å². The van der Waals surface area contributed by atoms with Crippen LogP contribution in [0.25, 0.3) is 11.4 Å². The van der Waals surface area contributed by atoms with Crippen LogP contribution in [0.2, 0.25) is 5.02 Å². The molecule has 172 valence electrons. The summed E-state index contributed by atoms with van der Waals surface area (Å²) in [5.41, 5.74) is 2.33. The summed E-state index contributed by atoms with van der Waals surface area (Å²) in [6.07, 6.45) is 0. The van der Waals surface area contributed by atoms with E-state index in [1.807, 2.05) is 19.2 Å². The number of carbonyl (C=O) groups excluding carboxylic acids is 2. The minimum Gasteiger partial charge on any atom is -0.325 e. The lowest BCUT2D eigenvalue weighted by Gasteiger charge is -2.08. The maximum absolute atomic E-state index is 13.0. The smallest absolute Gasteiger partial charge is 0.257 e. The first-order valence-corrected chi connectivity index (χ1v) is 11.5. The third kappa shape index (κ3) is 5.62. The molecular formula is C24H19ClFN5O2S. The third-order valence-electron chi connectivity index (χ3n) is 4.81. The Morgan fingerprint density at radius 1 is 0.941 bits per heavy atom. The number of carbonyl (C=O) groups is 2. The SMILES string of the molecule is Cn1c(SCC(=O)Nc2ccc(F)cc2)nnc1-c1ccc(NC(=O)c2ccccc2Cl)cc1. The lowest BCUT2D eigenvalue weighted by atomic mass is 10.1. The quantitative estimate of drug-likeness (QED) is 0.341. The molecule has 0 aliphatic rings. The molecule has 10 heteroatoms. The molecule has 3 aromatic carbocycles. The summed E-state index contributed by atoms with van der Waals surface area (Å²) >= 11 is 7.32. The molecule has 1 aromatic heterocycles. The summed E-state index contributed by atoms with van der Waals surface area (Å²) in [7, 11) is 1.81. The molecule has 34 heavy (non-hydrogen) atoms. The van der Waals surface area contributed by atoms with Gasteiger partial charge in [-0.05, 0) is 60.7 Å². The molecule has 0 aliphatic heterocycles. The monoisotopic (exact) mass is 495 g/mol. The van der Waals surface area contributed by atoms with E-state index in [4.69, 9.17) is 11.6 Å². The van der Waals surface area contributed by atoms with E-state index < -0.39 is 0 Å². The van der Waals surface area contributed by atoms with Crippen LogP contribution < -0.4 is 10.6 Å². The van der Waals surface area contributed by atoms with E-state index in [2.05, 4.69) is 20.8 Å². The Morgan fingerprint density at radius 3 is 2.29 bits per heavy atom. The Balaban J connectivity index is 1.37. The van der Waals surface area contributed by atoms with Gasteiger partial charge in [0.2, 0.25) is 5.91 Å². The second-order valence-electron chi connectivity index (χ2n) is 7.22. The number of nitrogens with one attached hydrogen (secondary N) is 2. The van der Waals surface area contributed by atoms with E-state index >= 15 is 0 Å². The first kappa shape index (κ1) is 23.5. The van der Waals surface area contributed by atoms with Crippen molar-refractivity contribution in [2.75, 3.05) is 16.4 Å². The number of amides is 2. The van der Waals surface area contributed by atoms with Crippen LogP contribution in [-0.4, -0.2) is 32.3 Å². The first-order valence-electron chi connectivity index (χ1n) is 10.1. The average molecular weight is 496 g/mol. The number of thioether (sulfide) groups is 1. The molecule has 1 heterocycles. The summed E-state index contributed by atoms with van der Waals surface area (Å²) in [4.78, 5) is 24.6. The van der Waals surface area contributed by atoms with Crippen molar-refractivity contribution in [3.8, 4) is 11.4 Å². The highest BCUT2D eigenvalue weighted by Crippen LogP contribution is 2.25. The van der Waals surface area contributed by atoms with Gasteiger partial charge >= 0.3 is 0 Å².